The number of unbranched alkanes of at least 4 members (excludes halogenated alkanes) is 3. The van der Waals surface area contributed by atoms with Crippen LogP contribution in [0.2, 0.25) is 0 Å². The summed E-state index contributed by atoms with van der Waals surface area (Å²) in [5.41, 5.74) is 8.75. The Morgan fingerprint density at radius 2 is 0.952 bits per heavy atom. The lowest BCUT2D eigenvalue weighted by Crippen LogP contribution is -2.20. The van der Waals surface area contributed by atoms with E-state index in [0.717, 1.165) is 10.7 Å². The number of rotatable bonds is 10. The molecule has 5 aromatic carbocycles. The average molecular weight is 699 g/mol. The van der Waals surface area contributed by atoms with E-state index < -0.39 is 7.92 Å². The number of alkyl halides is 2. The number of fused-ring (bicyclic) bond motifs is 3. The zero-order valence-electron chi connectivity index (χ0n) is 24.4. The van der Waals surface area contributed by atoms with Crippen LogP contribution in [-0.4, -0.2) is 0 Å². The molecule has 0 nitrogen and oxygen atoms in total. The molecular weight excluding hydrogens is 659 g/mol. The van der Waals surface area contributed by atoms with Gasteiger partial charge in [-0.1, -0.05) is 192 Å². The Labute approximate surface area is 270 Å². The van der Waals surface area contributed by atoms with Gasteiger partial charge in [-0.2, -0.15) is 0 Å². The molecule has 1 aliphatic carbocycles. The van der Waals surface area contributed by atoms with E-state index in [0.29, 0.717) is 5.92 Å². The van der Waals surface area contributed by atoms with Gasteiger partial charge >= 0.3 is 0 Å². The minimum Gasteiger partial charge on any atom is -0.0876 e. The first-order chi connectivity index (χ1) is 20.7. The molecular formula is C39H39Br2P. The van der Waals surface area contributed by atoms with Crippen molar-refractivity contribution in [2.24, 2.45) is 0 Å². The van der Waals surface area contributed by atoms with Crippen molar-refractivity contribution in [3.63, 3.8) is 0 Å². The smallest absolute Gasteiger partial charge is 0.0283 e. The van der Waals surface area contributed by atoms with Gasteiger partial charge in [-0.25, -0.2) is 0 Å². The number of hydrogen-bond acceptors (Lipinski definition) is 0. The summed E-state index contributed by atoms with van der Waals surface area (Å²) in [6.45, 7) is 2.28. The van der Waals surface area contributed by atoms with E-state index >= 15 is 0 Å². The lowest BCUT2D eigenvalue weighted by atomic mass is 9.90. The van der Waals surface area contributed by atoms with Crippen molar-refractivity contribution in [1.29, 1.82) is 0 Å². The normalized spacial score (nSPS) is 12.0. The second kappa shape index (κ2) is 15.8. The summed E-state index contributed by atoms with van der Waals surface area (Å²) in [7, 11) is -0.446. The van der Waals surface area contributed by atoms with Gasteiger partial charge in [0.05, 0.1) is 0 Å². The summed E-state index contributed by atoms with van der Waals surface area (Å²) < 4.78 is 0. The first kappa shape index (κ1) is 30.9. The highest BCUT2D eigenvalue weighted by atomic mass is 79.9. The summed E-state index contributed by atoms with van der Waals surface area (Å²) in [6.07, 6.45) is 6.62. The molecule has 0 radical (unpaired) electrons. The molecule has 5 aromatic rings. The fourth-order valence-corrected chi connectivity index (χ4v) is 8.89. The third-order valence-electron chi connectivity index (χ3n) is 7.97. The second-order valence-electron chi connectivity index (χ2n) is 10.9. The molecule has 0 aromatic heterocycles. The minimum atomic E-state index is -0.446. The van der Waals surface area contributed by atoms with Gasteiger partial charge < -0.3 is 0 Å². The molecule has 0 saturated heterocycles. The van der Waals surface area contributed by atoms with Crippen LogP contribution in [0.5, 0.6) is 0 Å². The van der Waals surface area contributed by atoms with Crippen LogP contribution in [-0.2, 0) is 10.7 Å². The number of benzene rings is 5. The molecule has 0 N–H and O–H groups in total. The summed E-state index contributed by atoms with van der Waals surface area (Å²) in [4.78, 5) is 0. The van der Waals surface area contributed by atoms with Crippen LogP contribution in [0.1, 0.15) is 67.2 Å². The van der Waals surface area contributed by atoms with E-state index in [2.05, 4.69) is 166 Å². The maximum Gasteiger partial charge on any atom is 0.0283 e. The SMILES string of the molecule is CCCCCCC1c2cc(CBr)ccc2-c2ccc(CBr)cc21.c1ccc(P(c2ccccc2)c2ccccc2)cc1. The van der Waals surface area contributed by atoms with Crippen LogP contribution in [0.25, 0.3) is 11.1 Å². The molecule has 0 fully saturated rings. The van der Waals surface area contributed by atoms with Gasteiger partial charge in [0.1, 0.15) is 0 Å². The van der Waals surface area contributed by atoms with Gasteiger partial charge in [-0.05, 0) is 63.6 Å². The maximum absolute atomic E-state index is 3.61. The van der Waals surface area contributed by atoms with Crippen molar-refractivity contribution < 1.29 is 0 Å². The highest BCUT2D eigenvalue weighted by Crippen LogP contribution is 2.48. The Bertz CT molecular complexity index is 1390. The van der Waals surface area contributed by atoms with Gasteiger partial charge in [0.25, 0.3) is 0 Å². The van der Waals surface area contributed by atoms with Crippen LogP contribution in [0.4, 0.5) is 0 Å². The van der Waals surface area contributed by atoms with Gasteiger partial charge in [-0.3, -0.25) is 0 Å². The molecule has 0 aliphatic heterocycles. The topological polar surface area (TPSA) is 0 Å². The Kier molecular flexibility index (Phi) is 11.6. The highest BCUT2D eigenvalue weighted by Gasteiger charge is 2.28. The fraction of sp³-hybridized carbons (Fsp3) is 0.231. The Hall–Kier alpha value is -2.51. The molecule has 0 saturated carbocycles. The first-order valence-corrected chi connectivity index (χ1v) is 18.6. The van der Waals surface area contributed by atoms with E-state index in [9.17, 15) is 0 Å². The molecule has 0 heterocycles. The van der Waals surface area contributed by atoms with Crippen molar-refractivity contribution >= 4 is 55.7 Å². The quantitative estimate of drug-likeness (QED) is 0.0774. The van der Waals surface area contributed by atoms with Crippen molar-refractivity contribution in [3.05, 3.63) is 150 Å². The zero-order valence-corrected chi connectivity index (χ0v) is 28.4. The maximum atomic E-state index is 3.61. The first-order valence-electron chi connectivity index (χ1n) is 15.1. The predicted molar refractivity (Wildman–Crippen MR) is 193 cm³/mol. The lowest BCUT2D eigenvalue weighted by molar-refractivity contribution is 0.601. The fourth-order valence-electron chi connectivity index (χ4n) is 5.89. The van der Waals surface area contributed by atoms with Gasteiger partial charge in [0, 0.05) is 16.6 Å². The summed E-state index contributed by atoms with van der Waals surface area (Å²) in [5, 5.41) is 6.07. The molecule has 0 bridgehead atoms. The largest absolute Gasteiger partial charge is 0.0876 e. The molecule has 0 spiro atoms. The molecule has 0 atom stereocenters. The minimum absolute atomic E-state index is 0.446. The van der Waals surface area contributed by atoms with E-state index in [-0.39, 0.29) is 0 Å². The van der Waals surface area contributed by atoms with Crippen LogP contribution in [0.15, 0.2) is 127 Å². The van der Waals surface area contributed by atoms with Crippen LogP contribution in [0, 0.1) is 0 Å². The van der Waals surface area contributed by atoms with E-state index in [4.69, 9.17) is 0 Å². The van der Waals surface area contributed by atoms with Crippen molar-refractivity contribution in [3.8, 4) is 11.1 Å². The Morgan fingerprint density at radius 1 is 0.524 bits per heavy atom. The predicted octanol–water partition coefficient (Wildman–Crippen LogP) is 11.0. The van der Waals surface area contributed by atoms with Gasteiger partial charge in [0.2, 0.25) is 0 Å². The third kappa shape index (κ3) is 7.52. The molecule has 1 aliphatic rings. The summed E-state index contributed by atoms with van der Waals surface area (Å²) in [5.74, 6) is 0.579. The third-order valence-corrected chi connectivity index (χ3v) is 11.7. The second-order valence-corrected chi connectivity index (χ2v) is 14.2. The highest BCUT2D eigenvalue weighted by molar-refractivity contribution is 9.08. The van der Waals surface area contributed by atoms with E-state index in [1.807, 2.05) is 0 Å². The van der Waals surface area contributed by atoms with Crippen LogP contribution in [0.3, 0.4) is 0 Å². The molecule has 6 rings (SSSR count). The summed E-state index contributed by atoms with van der Waals surface area (Å²) >= 11 is 7.22. The molecule has 42 heavy (non-hydrogen) atoms. The molecule has 214 valence electrons. The monoisotopic (exact) mass is 696 g/mol. The molecule has 0 amide bonds. The number of hydrogen-bond donors (Lipinski definition) is 0. The Balaban J connectivity index is 0.000000171. The standard InChI is InChI=1S/C21H24Br2.C18H15P/c1-2-3-4-5-6-17-20-11-15(13-22)7-9-18(20)19-10-8-16(14-23)12-21(17)19;1-4-10-16(11-5-1)19(17-12-6-2-7-13-17)18-14-8-3-9-15-18/h7-12,17H,2-6,13-14H2,1H3;1-15H. The van der Waals surface area contributed by atoms with Gasteiger partial charge in [0.15, 0.2) is 0 Å². The van der Waals surface area contributed by atoms with Crippen molar-refractivity contribution in [2.75, 3.05) is 0 Å². The van der Waals surface area contributed by atoms with Gasteiger partial charge in [-0.15, -0.1) is 0 Å². The van der Waals surface area contributed by atoms with Crippen molar-refractivity contribution in [2.45, 2.75) is 55.6 Å². The van der Waals surface area contributed by atoms with Crippen LogP contribution < -0.4 is 15.9 Å². The zero-order chi connectivity index (χ0) is 29.1. The number of halogens is 2. The summed E-state index contributed by atoms with van der Waals surface area (Å²) in [6, 6.07) is 46.3. The van der Waals surface area contributed by atoms with Crippen LogP contribution >= 0.6 is 39.8 Å². The molecule has 3 heteroatoms. The van der Waals surface area contributed by atoms with E-state index in [1.54, 1.807) is 11.1 Å². The average Bonchev–Trinajstić information content (AvgIpc) is 3.36. The van der Waals surface area contributed by atoms with Crippen molar-refractivity contribution in [1.82, 2.24) is 0 Å². The van der Waals surface area contributed by atoms with E-state index in [1.165, 1.54) is 70.3 Å². The molecule has 0 unspecified atom stereocenters. The Morgan fingerprint density at radius 3 is 1.33 bits per heavy atom. The lowest BCUT2D eigenvalue weighted by Gasteiger charge is -2.18.